The van der Waals surface area contributed by atoms with E-state index in [0.29, 0.717) is 12.2 Å². The van der Waals surface area contributed by atoms with Gasteiger partial charge in [-0.1, -0.05) is 18.3 Å². The second-order valence-corrected chi connectivity index (χ2v) is 4.65. The Morgan fingerprint density at radius 1 is 1.32 bits per heavy atom. The van der Waals surface area contributed by atoms with Crippen molar-refractivity contribution in [2.24, 2.45) is 5.73 Å². The maximum atomic E-state index is 13.8. The number of pyridine rings is 1. The first-order valence-corrected chi connectivity index (χ1v) is 6.19. The molecule has 19 heavy (non-hydrogen) atoms. The Morgan fingerprint density at radius 2 is 2.00 bits per heavy atom. The average Bonchev–Trinajstić information content (AvgIpc) is 2.39. The van der Waals surface area contributed by atoms with Gasteiger partial charge in [0.05, 0.1) is 5.56 Å². The number of hydrogen-bond acceptors (Lipinski definition) is 3. The van der Waals surface area contributed by atoms with Crippen LogP contribution in [0.5, 0.6) is 0 Å². The van der Waals surface area contributed by atoms with Gasteiger partial charge in [-0.15, -0.1) is 0 Å². The molecule has 2 rings (SSSR count). The molecule has 0 unspecified atom stereocenters. The van der Waals surface area contributed by atoms with Gasteiger partial charge in [-0.3, -0.25) is 4.98 Å². The van der Waals surface area contributed by atoms with Gasteiger partial charge in [0.25, 0.3) is 0 Å². The molecule has 0 aliphatic rings. The Kier molecular flexibility index (Phi) is 4.06. The highest BCUT2D eigenvalue weighted by molar-refractivity contribution is 7.80. The number of nitrogens with two attached hydrogens (primary N) is 1. The van der Waals surface area contributed by atoms with E-state index in [-0.39, 0.29) is 10.6 Å². The van der Waals surface area contributed by atoms with Gasteiger partial charge >= 0.3 is 0 Å². The van der Waals surface area contributed by atoms with Gasteiger partial charge in [-0.2, -0.15) is 0 Å². The maximum Gasteiger partial charge on any atom is 0.135 e. The Bertz CT molecular complexity index is 586. The Balaban J connectivity index is 2.31. The molecule has 0 spiro atoms. The molecule has 5 heteroatoms. The molecule has 3 nitrogen and oxygen atoms in total. The van der Waals surface area contributed by atoms with Crippen LogP contribution in [0.1, 0.15) is 11.1 Å². The summed E-state index contributed by atoms with van der Waals surface area (Å²) in [4.78, 5) is 5.94. The lowest BCUT2D eigenvalue weighted by Gasteiger charge is -2.22. The van der Waals surface area contributed by atoms with E-state index in [0.717, 1.165) is 5.56 Å². The summed E-state index contributed by atoms with van der Waals surface area (Å²) < 4.78 is 13.8. The monoisotopic (exact) mass is 275 g/mol. The van der Waals surface area contributed by atoms with Crippen molar-refractivity contribution in [2.45, 2.75) is 6.54 Å². The average molecular weight is 275 g/mol. The van der Waals surface area contributed by atoms with Crippen LogP contribution in [-0.2, 0) is 6.54 Å². The van der Waals surface area contributed by atoms with Crippen LogP contribution in [0.3, 0.4) is 0 Å². The minimum Gasteiger partial charge on any atom is -0.389 e. The van der Waals surface area contributed by atoms with E-state index in [9.17, 15) is 4.39 Å². The van der Waals surface area contributed by atoms with E-state index in [1.165, 1.54) is 6.07 Å². The highest BCUT2D eigenvalue weighted by atomic mass is 32.1. The Labute approximate surface area is 116 Å². The number of thiocarbonyl (C=S) groups is 1. The zero-order chi connectivity index (χ0) is 13.8. The summed E-state index contributed by atoms with van der Waals surface area (Å²) in [5, 5.41) is 0. The maximum absolute atomic E-state index is 13.8. The molecule has 1 aromatic heterocycles. The van der Waals surface area contributed by atoms with Crippen molar-refractivity contribution >= 4 is 22.9 Å². The van der Waals surface area contributed by atoms with Gasteiger partial charge in [-0.05, 0) is 29.8 Å². The molecule has 0 amide bonds. The largest absolute Gasteiger partial charge is 0.389 e. The molecular formula is C14H14FN3S. The molecular weight excluding hydrogens is 261 g/mol. The lowest BCUT2D eigenvalue weighted by Crippen LogP contribution is -2.22. The van der Waals surface area contributed by atoms with Gasteiger partial charge in [0.2, 0.25) is 0 Å². The van der Waals surface area contributed by atoms with Crippen molar-refractivity contribution in [1.82, 2.24) is 4.98 Å². The van der Waals surface area contributed by atoms with Crippen LogP contribution in [0, 0.1) is 5.82 Å². The van der Waals surface area contributed by atoms with Gasteiger partial charge < -0.3 is 10.6 Å². The van der Waals surface area contributed by atoms with E-state index >= 15 is 0 Å². The third kappa shape index (κ3) is 3.06. The van der Waals surface area contributed by atoms with Crippen LogP contribution in [0.4, 0.5) is 10.1 Å². The molecule has 0 saturated carbocycles. The summed E-state index contributed by atoms with van der Waals surface area (Å²) in [5.74, 6) is -0.397. The molecule has 0 radical (unpaired) electrons. The number of halogens is 1. The van der Waals surface area contributed by atoms with E-state index in [1.54, 1.807) is 24.5 Å². The van der Waals surface area contributed by atoms with E-state index in [1.807, 2.05) is 24.1 Å². The van der Waals surface area contributed by atoms with Crippen LogP contribution >= 0.6 is 12.2 Å². The van der Waals surface area contributed by atoms with Gasteiger partial charge in [0.1, 0.15) is 10.8 Å². The van der Waals surface area contributed by atoms with Crippen molar-refractivity contribution < 1.29 is 4.39 Å². The van der Waals surface area contributed by atoms with Crippen molar-refractivity contribution in [1.29, 1.82) is 0 Å². The standard InChI is InChI=1S/C14H14FN3S/c1-18(9-10-5-7-17-8-6-10)12-4-2-3-11(15)13(12)14(16)19/h2-8H,9H2,1H3,(H2,16,19). The van der Waals surface area contributed by atoms with Gasteiger partial charge in [-0.25, -0.2) is 4.39 Å². The molecule has 0 atom stereocenters. The molecule has 0 saturated heterocycles. The lowest BCUT2D eigenvalue weighted by molar-refractivity contribution is 0.624. The van der Waals surface area contributed by atoms with Crippen molar-refractivity contribution in [3.05, 3.63) is 59.7 Å². The van der Waals surface area contributed by atoms with E-state index in [2.05, 4.69) is 4.98 Å². The van der Waals surface area contributed by atoms with E-state index in [4.69, 9.17) is 18.0 Å². The molecule has 2 N–H and O–H groups in total. The zero-order valence-electron chi connectivity index (χ0n) is 10.5. The van der Waals surface area contributed by atoms with E-state index < -0.39 is 5.82 Å². The fraction of sp³-hybridized carbons (Fsp3) is 0.143. The number of anilines is 1. The predicted octanol–water partition coefficient (Wildman–Crippen LogP) is 2.49. The molecule has 0 bridgehead atoms. The molecule has 2 aromatic rings. The predicted molar refractivity (Wildman–Crippen MR) is 78.6 cm³/mol. The third-order valence-corrected chi connectivity index (χ3v) is 3.02. The fourth-order valence-electron chi connectivity index (χ4n) is 1.92. The summed E-state index contributed by atoms with van der Waals surface area (Å²) in [6.07, 6.45) is 3.45. The molecule has 0 aliphatic carbocycles. The highest BCUT2D eigenvalue weighted by Gasteiger charge is 2.14. The van der Waals surface area contributed by atoms with Crippen molar-refractivity contribution in [3.63, 3.8) is 0 Å². The number of rotatable bonds is 4. The first-order chi connectivity index (χ1) is 9.09. The third-order valence-electron chi connectivity index (χ3n) is 2.82. The molecule has 0 aliphatic heterocycles. The van der Waals surface area contributed by atoms with Crippen molar-refractivity contribution in [3.8, 4) is 0 Å². The SMILES string of the molecule is CN(Cc1ccncc1)c1cccc(F)c1C(N)=S. The second kappa shape index (κ2) is 5.75. The van der Waals surface area contributed by atoms with Crippen LogP contribution in [0.25, 0.3) is 0 Å². The number of aromatic nitrogens is 1. The van der Waals surface area contributed by atoms with Crippen LogP contribution < -0.4 is 10.6 Å². The normalized spacial score (nSPS) is 10.2. The minimum atomic E-state index is -0.397. The van der Waals surface area contributed by atoms with Gasteiger partial charge in [0.15, 0.2) is 0 Å². The molecule has 1 aromatic carbocycles. The van der Waals surface area contributed by atoms with Crippen LogP contribution in [0.2, 0.25) is 0 Å². The molecule has 1 heterocycles. The first-order valence-electron chi connectivity index (χ1n) is 5.78. The lowest BCUT2D eigenvalue weighted by atomic mass is 10.1. The van der Waals surface area contributed by atoms with Crippen LogP contribution in [0.15, 0.2) is 42.7 Å². The summed E-state index contributed by atoms with van der Waals surface area (Å²) in [6, 6.07) is 8.64. The Morgan fingerprint density at radius 3 is 2.63 bits per heavy atom. The van der Waals surface area contributed by atoms with Crippen molar-refractivity contribution in [2.75, 3.05) is 11.9 Å². The topological polar surface area (TPSA) is 42.2 Å². The number of hydrogen-bond donors (Lipinski definition) is 1. The summed E-state index contributed by atoms with van der Waals surface area (Å²) >= 11 is 4.92. The van der Waals surface area contributed by atoms with Crippen LogP contribution in [-0.4, -0.2) is 17.0 Å². The minimum absolute atomic E-state index is 0.0645. The molecule has 98 valence electrons. The van der Waals surface area contributed by atoms with Gasteiger partial charge in [0, 0.05) is 31.7 Å². The summed E-state index contributed by atoms with van der Waals surface area (Å²) in [5.41, 5.74) is 7.65. The number of benzene rings is 1. The molecule has 0 fully saturated rings. The Hall–Kier alpha value is -2.01. The second-order valence-electron chi connectivity index (χ2n) is 4.21. The smallest absolute Gasteiger partial charge is 0.135 e. The highest BCUT2D eigenvalue weighted by Crippen LogP contribution is 2.23. The summed E-state index contributed by atoms with van der Waals surface area (Å²) in [7, 11) is 1.87. The number of nitrogens with zero attached hydrogens (tertiary/aromatic N) is 2. The zero-order valence-corrected chi connectivity index (χ0v) is 11.3. The summed E-state index contributed by atoms with van der Waals surface area (Å²) in [6.45, 7) is 0.627. The first kappa shape index (κ1) is 13.4. The fourth-order valence-corrected chi connectivity index (χ4v) is 2.12. The quantitative estimate of drug-likeness (QED) is 0.871.